The fraction of sp³-hybridized carbons (Fsp3) is 0.0833. The van der Waals surface area contributed by atoms with E-state index in [1.54, 1.807) is 24.3 Å². The number of imide groups is 1. The topological polar surface area (TPSA) is 46.6 Å². The molecule has 156 valence electrons. The molecule has 1 aliphatic heterocycles. The zero-order valence-electron chi connectivity index (χ0n) is 16.3. The summed E-state index contributed by atoms with van der Waals surface area (Å²) in [6, 6.07) is 22.6. The molecule has 0 bridgehead atoms. The molecular weight excluding hydrogens is 498 g/mol. The van der Waals surface area contributed by atoms with E-state index in [0.717, 1.165) is 32.9 Å². The van der Waals surface area contributed by atoms with Gasteiger partial charge in [-0.1, -0.05) is 70.0 Å². The molecule has 0 N–H and O–H groups in total. The van der Waals surface area contributed by atoms with Crippen molar-refractivity contribution in [2.24, 2.45) is 0 Å². The molecule has 0 spiro atoms. The van der Waals surface area contributed by atoms with Crippen LogP contribution in [0, 0.1) is 0 Å². The van der Waals surface area contributed by atoms with E-state index >= 15 is 0 Å². The molecule has 0 atom stereocenters. The Morgan fingerprint density at radius 3 is 2.52 bits per heavy atom. The molecule has 1 saturated heterocycles. The summed E-state index contributed by atoms with van der Waals surface area (Å²) in [5, 5.41) is 0.257. The average Bonchev–Trinajstić information content (AvgIpc) is 3.01. The van der Waals surface area contributed by atoms with Crippen LogP contribution in [0.3, 0.4) is 0 Å². The monoisotopic (exact) mass is 513 g/mol. The highest BCUT2D eigenvalue weighted by atomic mass is 79.9. The van der Waals surface area contributed by atoms with Crippen LogP contribution in [0.1, 0.15) is 16.7 Å². The van der Waals surface area contributed by atoms with Gasteiger partial charge in [0.05, 0.1) is 11.4 Å². The minimum atomic E-state index is -0.330. The van der Waals surface area contributed by atoms with Crippen LogP contribution in [-0.2, 0) is 17.9 Å². The smallest absolute Gasteiger partial charge is 0.293 e. The molecule has 3 aromatic rings. The average molecular weight is 515 g/mol. The minimum absolute atomic E-state index is 0.179. The van der Waals surface area contributed by atoms with Gasteiger partial charge < -0.3 is 4.74 Å². The normalized spacial score (nSPS) is 15.0. The zero-order valence-corrected chi connectivity index (χ0v) is 19.4. The lowest BCUT2D eigenvalue weighted by atomic mass is 10.1. The number of nitrogens with zero attached hydrogens (tertiary/aromatic N) is 1. The molecule has 1 fully saturated rings. The summed E-state index contributed by atoms with van der Waals surface area (Å²) >= 11 is 10.4. The number of halogens is 2. The van der Waals surface area contributed by atoms with Gasteiger partial charge in [0.1, 0.15) is 12.4 Å². The maximum absolute atomic E-state index is 12.9. The summed E-state index contributed by atoms with van der Waals surface area (Å²) < 4.78 is 6.84. The van der Waals surface area contributed by atoms with Gasteiger partial charge in [-0.2, -0.15) is 0 Å². The largest absolute Gasteiger partial charge is 0.488 e. The molecule has 3 aromatic carbocycles. The second-order valence-electron chi connectivity index (χ2n) is 6.85. The van der Waals surface area contributed by atoms with E-state index in [1.807, 2.05) is 54.6 Å². The fourth-order valence-corrected chi connectivity index (χ4v) is 4.52. The minimum Gasteiger partial charge on any atom is -0.488 e. The Balaban J connectivity index is 1.55. The summed E-state index contributed by atoms with van der Waals surface area (Å²) in [7, 11) is 0. The number of ether oxygens (including phenoxy) is 1. The quantitative estimate of drug-likeness (QED) is 0.335. The van der Waals surface area contributed by atoms with E-state index < -0.39 is 0 Å². The first-order valence-corrected chi connectivity index (χ1v) is 11.4. The van der Waals surface area contributed by atoms with Crippen LogP contribution < -0.4 is 4.74 Å². The highest BCUT2D eigenvalue weighted by molar-refractivity contribution is 9.10. The van der Waals surface area contributed by atoms with Crippen molar-refractivity contribution in [3.8, 4) is 5.75 Å². The van der Waals surface area contributed by atoms with E-state index in [9.17, 15) is 9.59 Å². The highest BCUT2D eigenvalue weighted by Crippen LogP contribution is 2.36. The van der Waals surface area contributed by atoms with Gasteiger partial charge in [0.15, 0.2) is 0 Å². The van der Waals surface area contributed by atoms with Crippen LogP contribution in [0.5, 0.6) is 5.75 Å². The first kappa shape index (κ1) is 21.7. The molecule has 1 aliphatic rings. The first-order chi connectivity index (χ1) is 15.0. The van der Waals surface area contributed by atoms with Crippen LogP contribution in [0.4, 0.5) is 4.79 Å². The Bertz CT molecular complexity index is 1170. The molecule has 1 heterocycles. The number of benzene rings is 3. The van der Waals surface area contributed by atoms with E-state index in [-0.39, 0.29) is 17.7 Å². The third-order valence-corrected chi connectivity index (χ3v) is 6.23. The van der Waals surface area contributed by atoms with Crippen molar-refractivity contribution < 1.29 is 14.3 Å². The van der Waals surface area contributed by atoms with Gasteiger partial charge in [-0.3, -0.25) is 14.5 Å². The predicted octanol–water partition coefficient (Wildman–Crippen LogP) is 6.92. The molecule has 7 heteroatoms. The molecule has 2 amide bonds. The number of carbonyl (C=O) groups is 2. The summed E-state index contributed by atoms with van der Waals surface area (Å²) in [5.41, 5.74) is 2.56. The number of amides is 2. The summed E-state index contributed by atoms with van der Waals surface area (Å²) in [6.07, 6.45) is 1.70. The molecule has 0 unspecified atom stereocenters. The van der Waals surface area contributed by atoms with Crippen molar-refractivity contribution in [1.82, 2.24) is 4.90 Å². The molecular formula is C24H17BrClNO3S. The molecule has 31 heavy (non-hydrogen) atoms. The zero-order chi connectivity index (χ0) is 21.8. The van der Waals surface area contributed by atoms with Gasteiger partial charge in [0.2, 0.25) is 0 Å². The van der Waals surface area contributed by atoms with Crippen LogP contribution in [0.2, 0.25) is 5.02 Å². The van der Waals surface area contributed by atoms with Crippen molar-refractivity contribution >= 4 is 56.5 Å². The lowest BCUT2D eigenvalue weighted by molar-refractivity contribution is -0.123. The van der Waals surface area contributed by atoms with Crippen LogP contribution >= 0.6 is 39.3 Å². The van der Waals surface area contributed by atoms with Crippen molar-refractivity contribution in [3.63, 3.8) is 0 Å². The second-order valence-corrected chi connectivity index (χ2v) is 9.20. The fourth-order valence-electron chi connectivity index (χ4n) is 3.09. The van der Waals surface area contributed by atoms with Crippen LogP contribution in [-0.4, -0.2) is 16.0 Å². The Morgan fingerprint density at radius 2 is 1.74 bits per heavy atom. The molecule has 0 aromatic heterocycles. The third kappa shape index (κ3) is 5.39. The van der Waals surface area contributed by atoms with Crippen molar-refractivity contribution in [3.05, 3.63) is 104 Å². The van der Waals surface area contributed by atoms with Gasteiger partial charge in [-0.25, -0.2) is 0 Å². The van der Waals surface area contributed by atoms with Crippen LogP contribution in [0.15, 0.2) is 82.2 Å². The summed E-state index contributed by atoms with van der Waals surface area (Å²) in [4.78, 5) is 27.0. The Hall–Kier alpha value is -2.54. The SMILES string of the molecule is O=C1S/C(=C\c2cc(Br)ccc2OCc2ccccc2)C(=O)N1Cc1cccc(Cl)c1. The number of hydrogen-bond donors (Lipinski definition) is 0. The van der Waals surface area contributed by atoms with E-state index in [2.05, 4.69) is 15.9 Å². The standard InChI is InChI=1S/C24H17BrClNO3S/c25-19-9-10-21(30-15-16-5-2-1-3-6-16)18(12-19)13-22-23(28)27(24(29)31-22)14-17-7-4-8-20(26)11-17/h1-13H,14-15H2/b22-13-. The number of rotatable bonds is 6. The number of carbonyl (C=O) groups excluding carboxylic acids is 2. The summed E-state index contributed by atoms with van der Waals surface area (Å²) in [5.74, 6) is 0.303. The van der Waals surface area contributed by atoms with E-state index in [0.29, 0.717) is 22.3 Å². The van der Waals surface area contributed by atoms with Crippen LogP contribution in [0.25, 0.3) is 6.08 Å². The van der Waals surface area contributed by atoms with Gasteiger partial charge >= 0.3 is 0 Å². The van der Waals surface area contributed by atoms with Crippen molar-refractivity contribution in [1.29, 1.82) is 0 Å². The Kier molecular flexibility index (Phi) is 6.80. The Labute approximate surface area is 198 Å². The lowest BCUT2D eigenvalue weighted by Crippen LogP contribution is -2.27. The number of hydrogen-bond acceptors (Lipinski definition) is 4. The maximum Gasteiger partial charge on any atom is 0.293 e. The van der Waals surface area contributed by atoms with E-state index in [4.69, 9.17) is 16.3 Å². The molecule has 0 saturated carbocycles. The second kappa shape index (κ2) is 9.73. The molecule has 4 rings (SSSR count). The molecule has 0 aliphatic carbocycles. The van der Waals surface area contributed by atoms with Gasteiger partial charge in [0, 0.05) is 15.1 Å². The lowest BCUT2D eigenvalue weighted by Gasteiger charge is -2.13. The van der Waals surface area contributed by atoms with Gasteiger partial charge in [0.25, 0.3) is 11.1 Å². The highest BCUT2D eigenvalue weighted by Gasteiger charge is 2.35. The van der Waals surface area contributed by atoms with E-state index in [1.165, 1.54) is 4.90 Å². The first-order valence-electron chi connectivity index (χ1n) is 9.46. The van der Waals surface area contributed by atoms with Gasteiger partial charge in [-0.15, -0.1) is 0 Å². The maximum atomic E-state index is 12.9. The summed E-state index contributed by atoms with van der Waals surface area (Å²) in [6.45, 7) is 0.581. The third-order valence-electron chi connectivity index (χ3n) is 4.60. The molecule has 0 radical (unpaired) electrons. The molecule has 4 nitrogen and oxygen atoms in total. The Morgan fingerprint density at radius 1 is 0.968 bits per heavy atom. The predicted molar refractivity (Wildman–Crippen MR) is 128 cm³/mol. The number of thioether (sulfide) groups is 1. The van der Waals surface area contributed by atoms with Crippen molar-refractivity contribution in [2.45, 2.75) is 13.2 Å². The van der Waals surface area contributed by atoms with Crippen molar-refractivity contribution in [2.75, 3.05) is 0 Å². The van der Waals surface area contributed by atoms with Gasteiger partial charge in [-0.05, 0) is 59.3 Å².